The van der Waals surface area contributed by atoms with Crippen LogP contribution in [0.3, 0.4) is 0 Å². The third-order valence-corrected chi connectivity index (χ3v) is 7.90. The summed E-state index contributed by atoms with van der Waals surface area (Å²) in [6.45, 7) is 5.49. The van der Waals surface area contributed by atoms with Gasteiger partial charge in [0.1, 0.15) is 5.72 Å². The Labute approximate surface area is 172 Å². The predicted octanol–water partition coefficient (Wildman–Crippen LogP) is 2.96. The Morgan fingerprint density at radius 1 is 0.966 bits per heavy atom. The molecule has 2 heterocycles. The van der Waals surface area contributed by atoms with Crippen LogP contribution in [-0.4, -0.2) is 55.5 Å². The molecule has 0 saturated carbocycles. The number of piperidine rings is 1. The summed E-state index contributed by atoms with van der Waals surface area (Å²) in [7, 11) is -3.66. The SMILES string of the molecule is Cc1ccc(S(=O)(=O)N2CCOC23CCN(C(=O)c2ccccc2C)CC3)cc1. The van der Waals surface area contributed by atoms with Crippen molar-refractivity contribution in [2.24, 2.45) is 0 Å². The van der Waals surface area contributed by atoms with Gasteiger partial charge in [-0.1, -0.05) is 35.9 Å². The number of carbonyl (C=O) groups is 1. The minimum absolute atomic E-state index is 0.0103. The van der Waals surface area contributed by atoms with Crippen molar-refractivity contribution in [1.82, 2.24) is 9.21 Å². The van der Waals surface area contributed by atoms with Crippen molar-refractivity contribution in [2.45, 2.75) is 37.3 Å². The number of amides is 1. The van der Waals surface area contributed by atoms with Gasteiger partial charge in [-0.2, -0.15) is 4.31 Å². The summed E-state index contributed by atoms with van der Waals surface area (Å²) >= 11 is 0. The average Bonchev–Trinajstić information content (AvgIpc) is 3.13. The number of hydrogen-bond acceptors (Lipinski definition) is 4. The van der Waals surface area contributed by atoms with E-state index in [-0.39, 0.29) is 10.8 Å². The highest BCUT2D eigenvalue weighted by Gasteiger charge is 2.51. The first-order chi connectivity index (χ1) is 13.8. The van der Waals surface area contributed by atoms with Crippen LogP contribution in [-0.2, 0) is 14.8 Å². The lowest BCUT2D eigenvalue weighted by Gasteiger charge is -2.42. The number of benzene rings is 2. The van der Waals surface area contributed by atoms with Crippen LogP contribution in [0.4, 0.5) is 0 Å². The van der Waals surface area contributed by atoms with Crippen molar-refractivity contribution in [3.05, 3.63) is 65.2 Å². The molecular formula is C22H26N2O4S. The zero-order chi connectivity index (χ0) is 20.6. The van der Waals surface area contributed by atoms with E-state index in [9.17, 15) is 13.2 Å². The molecule has 29 heavy (non-hydrogen) atoms. The number of carbonyl (C=O) groups excluding carboxylic acids is 1. The molecule has 2 aliphatic rings. The molecule has 0 N–H and O–H groups in total. The lowest BCUT2D eigenvalue weighted by atomic mass is 9.99. The summed E-state index contributed by atoms with van der Waals surface area (Å²) in [5.74, 6) is -0.0103. The van der Waals surface area contributed by atoms with Crippen LogP contribution in [0, 0.1) is 13.8 Å². The maximum Gasteiger partial charge on any atom is 0.254 e. The van der Waals surface area contributed by atoms with Crippen molar-refractivity contribution in [1.29, 1.82) is 0 Å². The zero-order valence-corrected chi connectivity index (χ0v) is 17.6. The van der Waals surface area contributed by atoms with Gasteiger partial charge in [0.05, 0.1) is 11.5 Å². The molecule has 4 rings (SSSR count). The van der Waals surface area contributed by atoms with Gasteiger partial charge in [0, 0.05) is 38.0 Å². The highest BCUT2D eigenvalue weighted by molar-refractivity contribution is 7.89. The van der Waals surface area contributed by atoms with Crippen LogP contribution in [0.1, 0.15) is 34.3 Å². The first-order valence-corrected chi connectivity index (χ1v) is 11.4. The Hall–Kier alpha value is -2.22. The summed E-state index contributed by atoms with van der Waals surface area (Å²) in [6.07, 6.45) is 0.936. The number of aryl methyl sites for hydroxylation is 2. The molecule has 2 aromatic rings. The lowest BCUT2D eigenvalue weighted by Crippen LogP contribution is -2.55. The Morgan fingerprint density at radius 3 is 2.28 bits per heavy atom. The second-order valence-corrected chi connectivity index (χ2v) is 9.65. The van der Waals surface area contributed by atoms with Gasteiger partial charge in [-0.25, -0.2) is 8.42 Å². The Bertz CT molecular complexity index is 1010. The van der Waals surface area contributed by atoms with Gasteiger partial charge in [0.15, 0.2) is 0 Å². The lowest BCUT2D eigenvalue weighted by molar-refractivity contribution is -0.0857. The maximum absolute atomic E-state index is 13.3. The number of ether oxygens (including phenoxy) is 1. The fraction of sp³-hybridized carbons (Fsp3) is 0.409. The summed E-state index contributed by atoms with van der Waals surface area (Å²) in [4.78, 5) is 15.0. The van der Waals surface area contributed by atoms with E-state index in [1.165, 1.54) is 4.31 Å². The molecule has 7 heteroatoms. The van der Waals surface area contributed by atoms with Crippen LogP contribution in [0.2, 0.25) is 0 Å². The molecule has 6 nitrogen and oxygen atoms in total. The number of rotatable bonds is 3. The first-order valence-electron chi connectivity index (χ1n) is 9.92. The van der Waals surface area contributed by atoms with Crippen molar-refractivity contribution >= 4 is 15.9 Å². The van der Waals surface area contributed by atoms with E-state index in [4.69, 9.17) is 4.74 Å². The van der Waals surface area contributed by atoms with E-state index in [1.807, 2.05) is 38.1 Å². The van der Waals surface area contributed by atoms with Gasteiger partial charge in [-0.15, -0.1) is 0 Å². The van der Waals surface area contributed by atoms with Crippen molar-refractivity contribution in [3.8, 4) is 0 Å². The standard InChI is InChI=1S/C22H26N2O4S/c1-17-7-9-19(10-8-17)29(26,27)24-15-16-28-22(24)11-13-23(14-12-22)21(25)20-6-4-3-5-18(20)2/h3-10H,11-16H2,1-2H3. The summed E-state index contributed by atoms with van der Waals surface area (Å²) < 4.78 is 34.0. The first kappa shape index (κ1) is 20.1. The molecule has 1 amide bonds. The van der Waals surface area contributed by atoms with Gasteiger partial charge < -0.3 is 9.64 Å². The van der Waals surface area contributed by atoms with E-state index in [2.05, 4.69) is 0 Å². The highest BCUT2D eigenvalue weighted by atomic mass is 32.2. The molecule has 2 saturated heterocycles. The topological polar surface area (TPSA) is 66.9 Å². The number of sulfonamides is 1. The summed E-state index contributed by atoms with van der Waals surface area (Å²) in [5.41, 5.74) is 1.78. The molecule has 0 atom stereocenters. The van der Waals surface area contributed by atoms with Gasteiger partial charge in [-0.3, -0.25) is 4.79 Å². The maximum atomic E-state index is 13.3. The van der Waals surface area contributed by atoms with Gasteiger partial charge in [0.2, 0.25) is 10.0 Å². The Kier molecular flexibility index (Phi) is 5.23. The van der Waals surface area contributed by atoms with Gasteiger partial charge in [-0.05, 0) is 37.6 Å². The van der Waals surface area contributed by atoms with Crippen LogP contribution in [0.15, 0.2) is 53.4 Å². The van der Waals surface area contributed by atoms with Crippen molar-refractivity contribution in [2.75, 3.05) is 26.2 Å². The fourth-order valence-corrected chi connectivity index (χ4v) is 5.93. The molecule has 0 aliphatic carbocycles. The number of hydrogen-bond donors (Lipinski definition) is 0. The molecule has 2 aliphatic heterocycles. The van der Waals surface area contributed by atoms with Crippen molar-refractivity contribution in [3.63, 3.8) is 0 Å². The molecule has 154 valence electrons. The van der Waals surface area contributed by atoms with E-state index >= 15 is 0 Å². The molecule has 2 aromatic carbocycles. The number of nitrogens with zero attached hydrogens (tertiary/aromatic N) is 2. The highest BCUT2D eigenvalue weighted by Crippen LogP contribution is 2.38. The van der Waals surface area contributed by atoms with Crippen molar-refractivity contribution < 1.29 is 17.9 Å². The van der Waals surface area contributed by atoms with E-state index in [1.54, 1.807) is 29.2 Å². The monoisotopic (exact) mass is 414 g/mol. The zero-order valence-electron chi connectivity index (χ0n) is 16.8. The van der Waals surface area contributed by atoms with Crippen LogP contribution >= 0.6 is 0 Å². The Balaban J connectivity index is 1.53. The third kappa shape index (κ3) is 3.58. The van der Waals surface area contributed by atoms with E-state index < -0.39 is 15.7 Å². The molecular weight excluding hydrogens is 388 g/mol. The Morgan fingerprint density at radius 2 is 1.62 bits per heavy atom. The number of likely N-dealkylation sites (tertiary alicyclic amines) is 1. The molecule has 2 fully saturated rings. The van der Waals surface area contributed by atoms with E-state index in [0.717, 1.165) is 11.1 Å². The van der Waals surface area contributed by atoms with Crippen LogP contribution in [0.25, 0.3) is 0 Å². The minimum atomic E-state index is -3.66. The normalized spacial score (nSPS) is 19.6. The molecule has 0 radical (unpaired) electrons. The fourth-order valence-electron chi connectivity index (χ4n) is 4.21. The van der Waals surface area contributed by atoms with E-state index in [0.29, 0.717) is 44.6 Å². The minimum Gasteiger partial charge on any atom is -0.358 e. The van der Waals surface area contributed by atoms with Gasteiger partial charge in [0.25, 0.3) is 5.91 Å². The third-order valence-electron chi connectivity index (χ3n) is 5.94. The predicted molar refractivity (Wildman–Crippen MR) is 110 cm³/mol. The second-order valence-electron chi connectivity index (χ2n) is 7.79. The quantitative estimate of drug-likeness (QED) is 0.775. The molecule has 0 bridgehead atoms. The second kappa shape index (κ2) is 7.55. The largest absolute Gasteiger partial charge is 0.358 e. The van der Waals surface area contributed by atoms with Gasteiger partial charge >= 0.3 is 0 Å². The molecule has 0 aromatic heterocycles. The molecule has 0 unspecified atom stereocenters. The van der Waals surface area contributed by atoms with Crippen LogP contribution < -0.4 is 0 Å². The molecule has 1 spiro atoms. The smallest absolute Gasteiger partial charge is 0.254 e. The summed E-state index contributed by atoms with van der Waals surface area (Å²) in [5, 5.41) is 0. The average molecular weight is 415 g/mol. The summed E-state index contributed by atoms with van der Waals surface area (Å²) in [6, 6.07) is 14.4. The van der Waals surface area contributed by atoms with Crippen LogP contribution in [0.5, 0.6) is 0 Å².